The van der Waals surface area contributed by atoms with E-state index in [0.717, 1.165) is 41.0 Å². The van der Waals surface area contributed by atoms with Gasteiger partial charge in [0.25, 0.3) is 0 Å². The van der Waals surface area contributed by atoms with Crippen LogP contribution in [-0.2, 0) is 23.8 Å². The number of halogens is 2. The van der Waals surface area contributed by atoms with Gasteiger partial charge in [0, 0.05) is 28.5 Å². The highest BCUT2D eigenvalue weighted by Crippen LogP contribution is 2.39. The summed E-state index contributed by atoms with van der Waals surface area (Å²) in [4.78, 5) is 16.1. The summed E-state index contributed by atoms with van der Waals surface area (Å²) >= 11 is 1.13. The summed E-state index contributed by atoms with van der Waals surface area (Å²) in [6.45, 7) is 1.96. The second kappa shape index (κ2) is 12.3. The third-order valence-electron chi connectivity index (χ3n) is 7.36. The zero-order valence-corrected chi connectivity index (χ0v) is 24.6. The Balaban J connectivity index is 0.00000368. The molecular formula is C31H27F2N4O4S2-. The molecule has 0 aliphatic heterocycles. The number of aryl methyl sites for hydroxylation is 1. The predicted octanol–water partition coefficient (Wildman–Crippen LogP) is 6.30. The molecule has 5 aromatic rings. The van der Waals surface area contributed by atoms with E-state index in [1.807, 2.05) is 31.2 Å². The van der Waals surface area contributed by atoms with Crippen molar-refractivity contribution in [2.75, 3.05) is 0 Å². The first-order valence-electron chi connectivity index (χ1n) is 13.3. The molecule has 2 heterocycles. The highest BCUT2D eigenvalue weighted by atomic mass is 32.2. The zero-order valence-electron chi connectivity index (χ0n) is 23.0. The third-order valence-corrected chi connectivity index (χ3v) is 8.90. The Hall–Kier alpha value is -4.10. The number of thiazole rings is 1. The molecule has 222 valence electrons. The number of hydrogen-bond acceptors (Lipinski definition) is 6. The summed E-state index contributed by atoms with van der Waals surface area (Å²) in [5.74, 6) is -1.67. The number of benzene rings is 3. The first kappa shape index (κ1) is 30.4. The van der Waals surface area contributed by atoms with Gasteiger partial charge in [0.05, 0.1) is 16.3 Å². The van der Waals surface area contributed by atoms with Gasteiger partial charge in [0.1, 0.15) is 22.6 Å². The molecule has 1 saturated carbocycles. The van der Waals surface area contributed by atoms with Crippen LogP contribution in [0.5, 0.6) is 0 Å². The zero-order chi connectivity index (χ0) is 29.5. The van der Waals surface area contributed by atoms with E-state index < -0.39 is 28.6 Å². The van der Waals surface area contributed by atoms with E-state index in [2.05, 4.69) is 4.98 Å². The van der Waals surface area contributed by atoms with Gasteiger partial charge in [-0.25, -0.2) is 32.6 Å². The molecule has 6 rings (SSSR count). The van der Waals surface area contributed by atoms with Crippen molar-refractivity contribution < 1.29 is 28.4 Å². The Morgan fingerprint density at radius 2 is 1.79 bits per heavy atom. The van der Waals surface area contributed by atoms with Crippen molar-refractivity contribution in [3.63, 3.8) is 0 Å². The number of aromatic carboxylic acids is 1. The fourth-order valence-electron chi connectivity index (χ4n) is 4.95. The summed E-state index contributed by atoms with van der Waals surface area (Å²) in [6.07, 6.45) is 2.92. The molecule has 4 N–H and O–H groups in total. The van der Waals surface area contributed by atoms with Gasteiger partial charge in [0.2, 0.25) is 5.13 Å². The SMILES string of the molecule is Cc1ccc(-c2cc(-c3c(Cc4ccc(S(N)=O)cc4F)c(CC4CC4)nn3-c3nc(C(=O)O)cs3)ccc2F)cc1.[OH-]. The van der Waals surface area contributed by atoms with Crippen molar-refractivity contribution in [3.8, 4) is 27.5 Å². The fourth-order valence-corrected chi connectivity index (χ4v) is 6.12. The van der Waals surface area contributed by atoms with Crippen molar-refractivity contribution in [1.82, 2.24) is 14.8 Å². The van der Waals surface area contributed by atoms with E-state index in [-0.39, 0.29) is 22.5 Å². The molecule has 2 aromatic heterocycles. The lowest BCUT2D eigenvalue weighted by Gasteiger charge is -2.12. The molecule has 1 aliphatic rings. The maximum absolute atomic E-state index is 15.3. The molecule has 0 bridgehead atoms. The summed E-state index contributed by atoms with van der Waals surface area (Å²) in [7, 11) is -1.83. The van der Waals surface area contributed by atoms with Crippen LogP contribution < -0.4 is 5.14 Å². The Morgan fingerprint density at radius 3 is 2.42 bits per heavy atom. The van der Waals surface area contributed by atoms with Crippen LogP contribution in [0.25, 0.3) is 27.5 Å². The molecule has 0 saturated heterocycles. The monoisotopic (exact) mass is 621 g/mol. The average Bonchev–Trinajstić information content (AvgIpc) is 3.51. The van der Waals surface area contributed by atoms with Crippen LogP contribution in [0.3, 0.4) is 0 Å². The first-order valence-corrected chi connectivity index (χ1v) is 15.4. The maximum Gasteiger partial charge on any atom is 0.355 e. The van der Waals surface area contributed by atoms with Crippen LogP contribution in [0.1, 0.15) is 45.7 Å². The molecule has 3 aromatic carbocycles. The van der Waals surface area contributed by atoms with Gasteiger partial charge in [0.15, 0.2) is 5.69 Å². The highest BCUT2D eigenvalue weighted by molar-refractivity contribution is 7.82. The van der Waals surface area contributed by atoms with Gasteiger partial charge in [-0.1, -0.05) is 35.9 Å². The molecule has 1 unspecified atom stereocenters. The topological polar surface area (TPSA) is 141 Å². The van der Waals surface area contributed by atoms with Crippen LogP contribution in [0.15, 0.2) is 70.9 Å². The molecule has 0 radical (unpaired) electrons. The minimum atomic E-state index is -1.83. The fraction of sp³-hybridized carbons (Fsp3) is 0.194. The molecule has 8 nitrogen and oxygen atoms in total. The van der Waals surface area contributed by atoms with E-state index in [4.69, 9.17) is 10.2 Å². The van der Waals surface area contributed by atoms with Crippen molar-refractivity contribution >= 4 is 28.3 Å². The smallest absolute Gasteiger partial charge is 0.355 e. The number of carbonyl (C=O) groups is 1. The second-order valence-corrected chi connectivity index (χ2v) is 12.3. The quantitative estimate of drug-likeness (QED) is 0.198. The molecule has 1 atom stereocenters. The van der Waals surface area contributed by atoms with Gasteiger partial charge in [-0.05, 0) is 73.6 Å². The molecule has 12 heteroatoms. The molecule has 0 amide bonds. The van der Waals surface area contributed by atoms with E-state index in [0.29, 0.717) is 45.4 Å². The van der Waals surface area contributed by atoms with Gasteiger partial charge >= 0.3 is 5.97 Å². The van der Waals surface area contributed by atoms with Crippen molar-refractivity contribution in [1.29, 1.82) is 0 Å². The van der Waals surface area contributed by atoms with Crippen LogP contribution in [0.4, 0.5) is 8.78 Å². The number of carboxylic acid groups (broad SMARTS) is 1. The van der Waals surface area contributed by atoms with E-state index >= 15 is 8.78 Å². The lowest BCUT2D eigenvalue weighted by molar-refractivity contribution is 0.0691. The third kappa shape index (κ3) is 6.32. The maximum atomic E-state index is 15.3. The second-order valence-electron chi connectivity index (χ2n) is 10.4. The number of carboxylic acids is 1. The summed E-state index contributed by atoms with van der Waals surface area (Å²) in [5, 5.41) is 21.7. The van der Waals surface area contributed by atoms with Gasteiger partial charge in [-0.3, -0.25) is 0 Å². The molecular weight excluding hydrogens is 594 g/mol. The lowest BCUT2D eigenvalue weighted by atomic mass is 9.94. The van der Waals surface area contributed by atoms with Crippen molar-refractivity contribution in [3.05, 3.63) is 106 Å². The normalized spacial score (nSPS) is 13.5. The molecule has 43 heavy (non-hydrogen) atoms. The van der Waals surface area contributed by atoms with Crippen molar-refractivity contribution in [2.45, 2.75) is 37.5 Å². The minimum absolute atomic E-state index is 0. The number of nitrogens with two attached hydrogens (primary N) is 1. The van der Waals surface area contributed by atoms with Crippen LogP contribution in [0.2, 0.25) is 0 Å². The highest BCUT2D eigenvalue weighted by Gasteiger charge is 2.29. The predicted molar refractivity (Wildman–Crippen MR) is 160 cm³/mol. The summed E-state index contributed by atoms with van der Waals surface area (Å²) < 4.78 is 43.8. The Morgan fingerprint density at radius 1 is 1.07 bits per heavy atom. The largest absolute Gasteiger partial charge is 0.870 e. The number of nitrogens with zero attached hydrogens (tertiary/aromatic N) is 3. The standard InChI is InChI=1S/C31H26F2N4O3S2.H2O/c1-17-2-6-19(7-3-17)23-14-21(9-11-25(23)32)29-24(13-20-8-10-22(42(34)40)15-26(20)33)27(12-18-4-5-18)36-37(29)31-35-28(16-41-31)30(38)39;/h2-3,6-11,14-16,18H,4-5,12-13,34H2,1H3,(H,38,39);1H2/p-1. The average molecular weight is 622 g/mol. The first-order chi connectivity index (χ1) is 20.2. The molecule has 1 aliphatic carbocycles. The van der Waals surface area contributed by atoms with Gasteiger partial charge in [-0.2, -0.15) is 5.10 Å². The van der Waals surface area contributed by atoms with Crippen LogP contribution in [-0.4, -0.2) is 35.5 Å². The Bertz CT molecular complexity index is 1850. The van der Waals surface area contributed by atoms with Gasteiger partial charge < -0.3 is 10.6 Å². The Kier molecular flexibility index (Phi) is 8.65. The van der Waals surface area contributed by atoms with Crippen LogP contribution in [0, 0.1) is 24.5 Å². The number of aromatic nitrogens is 3. The van der Waals surface area contributed by atoms with Crippen LogP contribution >= 0.6 is 11.3 Å². The summed E-state index contributed by atoms with van der Waals surface area (Å²) in [6, 6.07) is 16.6. The van der Waals surface area contributed by atoms with Crippen molar-refractivity contribution in [2.24, 2.45) is 11.1 Å². The van der Waals surface area contributed by atoms with E-state index in [1.54, 1.807) is 22.9 Å². The molecule has 0 spiro atoms. The number of rotatable bonds is 9. The summed E-state index contributed by atoms with van der Waals surface area (Å²) in [5.41, 5.74) is 5.06. The minimum Gasteiger partial charge on any atom is -0.870 e. The van der Waals surface area contributed by atoms with Gasteiger partial charge in [-0.15, -0.1) is 11.3 Å². The molecule has 1 fully saturated rings. The number of hydrogen-bond donors (Lipinski definition) is 2. The Labute approximate surface area is 252 Å². The van der Waals surface area contributed by atoms with E-state index in [9.17, 15) is 14.1 Å². The van der Waals surface area contributed by atoms with E-state index in [1.165, 1.54) is 23.6 Å². The lowest BCUT2D eigenvalue weighted by Crippen LogP contribution is -2.05.